The second-order valence-electron chi connectivity index (χ2n) is 9.45. The normalized spacial score (nSPS) is 15.6. The van der Waals surface area contributed by atoms with E-state index in [9.17, 15) is 8.42 Å². The third kappa shape index (κ3) is 7.26. The average molecular weight is 501 g/mol. The van der Waals surface area contributed by atoms with Crippen molar-refractivity contribution < 1.29 is 8.42 Å². The largest absolute Gasteiger partial charge is 0.308 e. The number of hydrogen-bond donors (Lipinski definition) is 2. The molecule has 0 aromatic heterocycles. The Bertz CT molecular complexity index is 1250. The van der Waals surface area contributed by atoms with Gasteiger partial charge in [0, 0.05) is 0 Å². The van der Waals surface area contributed by atoms with Gasteiger partial charge in [0.25, 0.3) is 0 Å². The molecule has 1 aliphatic carbocycles. The van der Waals surface area contributed by atoms with Gasteiger partial charge < -0.3 is 5.32 Å². The van der Waals surface area contributed by atoms with Crippen molar-refractivity contribution in [2.45, 2.75) is 56.0 Å². The lowest BCUT2D eigenvalue weighted by Gasteiger charge is -2.30. The Morgan fingerprint density at radius 1 is 0.750 bits per heavy atom. The Morgan fingerprint density at radius 2 is 1.33 bits per heavy atom. The first-order valence-corrected chi connectivity index (χ1v) is 14.3. The molecule has 0 bridgehead atoms. The zero-order valence-electron chi connectivity index (χ0n) is 20.9. The zero-order chi connectivity index (χ0) is 25.2. The summed E-state index contributed by atoms with van der Waals surface area (Å²) in [6.45, 7) is 3.01. The van der Waals surface area contributed by atoms with E-state index in [1.54, 1.807) is 24.3 Å². The Hall–Kier alpha value is -2.99. The standard InChI is InChI=1S/C31H36N2O2S/c1-25-14-13-16-26(24-25)15-11-12-23-32-30(27-17-5-2-6-18-27)31(28-19-7-3-8-20-28)33-36(34,35)29-21-9-4-10-22-29/h2-10,14,16-22,30-33H,11-13,15,23-24H2,1H3/t30-,31-/m0/s1. The molecule has 36 heavy (non-hydrogen) atoms. The van der Waals surface area contributed by atoms with E-state index >= 15 is 0 Å². The van der Waals surface area contributed by atoms with Crippen molar-refractivity contribution in [3.63, 3.8) is 0 Å². The molecule has 0 radical (unpaired) electrons. The second-order valence-corrected chi connectivity index (χ2v) is 11.2. The highest BCUT2D eigenvalue weighted by atomic mass is 32.2. The summed E-state index contributed by atoms with van der Waals surface area (Å²) in [6, 6.07) is 27.9. The summed E-state index contributed by atoms with van der Waals surface area (Å²) >= 11 is 0. The lowest BCUT2D eigenvalue weighted by atomic mass is 9.93. The first-order valence-electron chi connectivity index (χ1n) is 12.8. The number of benzene rings is 3. The minimum Gasteiger partial charge on any atom is -0.308 e. The van der Waals surface area contributed by atoms with Crippen LogP contribution in [0.15, 0.2) is 119 Å². The highest BCUT2D eigenvalue weighted by Crippen LogP contribution is 2.31. The van der Waals surface area contributed by atoms with Gasteiger partial charge in [-0.25, -0.2) is 13.1 Å². The van der Waals surface area contributed by atoms with Crippen LogP contribution in [0.2, 0.25) is 0 Å². The number of hydrogen-bond acceptors (Lipinski definition) is 3. The van der Waals surface area contributed by atoms with E-state index in [0.717, 1.165) is 49.8 Å². The van der Waals surface area contributed by atoms with Crippen LogP contribution in [0.25, 0.3) is 0 Å². The summed E-state index contributed by atoms with van der Waals surface area (Å²) in [5.74, 6) is 0. The highest BCUT2D eigenvalue weighted by molar-refractivity contribution is 7.89. The van der Waals surface area contributed by atoms with Crippen LogP contribution in [0.1, 0.15) is 62.2 Å². The molecule has 0 aliphatic heterocycles. The van der Waals surface area contributed by atoms with Gasteiger partial charge in [0.2, 0.25) is 10.0 Å². The van der Waals surface area contributed by atoms with Crippen molar-refractivity contribution in [2.24, 2.45) is 0 Å². The smallest absolute Gasteiger partial charge is 0.241 e. The van der Waals surface area contributed by atoms with Crippen molar-refractivity contribution in [3.8, 4) is 0 Å². The molecule has 0 heterocycles. The van der Waals surface area contributed by atoms with E-state index in [-0.39, 0.29) is 10.9 Å². The molecule has 0 spiro atoms. The summed E-state index contributed by atoms with van der Waals surface area (Å²) in [5.41, 5.74) is 4.98. The zero-order valence-corrected chi connectivity index (χ0v) is 21.8. The summed E-state index contributed by atoms with van der Waals surface area (Å²) in [5, 5.41) is 3.70. The molecule has 5 heteroatoms. The van der Waals surface area contributed by atoms with E-state index < -0.39 is 16.1 Å². The molecule has 2 N–H and O–H groups in total. The first kappa shape index (κ1) is 26.1. The van der Waals surface area contributed by atoms with Gasteiger partial charge in [0.05, 0.1) is 17.0 Å². The Morgan fingerprint density at radius 3 is 1.94 bits per heavy atom. The van der Waals surface area contributed by atoms with Gasteiger partial charge >= 0.3 is 0 Å². The van der Waals surface area contributed by atoms with Crippen LogP contribution in [0.4, 0.5) is 0 Å². The maximum absolute atomic E-state index is 13.4. The predicted molar refractivity (Wildman–Crippen MR) is 148 cm³/mol. The molecule has 1 aliphatic rings. The van der Waals surface area contributed by atoms with Crippen LogP contribution < -0.4 is 10.0 Å². The summed E-state index contributed by atoms with van der Waals surface area (Å²) in [4.78, 5) is 0.267. The van der Waals surface area contributed by atoms with Crippen molar-refractivity contribution in [2.75, 3.05) is 6.54 Å². The van der Waals surface area contributed by atoms with Gasteiger partial charge in [-0.1, -0.05) is 102 Å². The molecule has 3 aromatic rings. The topological polar surface area (TPSA) is 58.2 Å². The molecule has 4 nitrogen and oxygen atoms in total. The predicted octanol–water partition coefficient (Wildman–Crippen LogP) is 6.87. The fraction of sp³-hybridized carbons (Fsp3) is 0.290. The van der Waals surface area contributed by atoms with Crippen LogP contribution >= 0.6 is 0 Å². The fourth-order valence-electron chi connectivity index (χ4n) is 4.77. The molecule has 0 amide bonds. The lowest BCUT2D eigenvalue weighted by molar-refractivity contribution is 0.417. The average Bonchev–Trinajstić information content (AvgIpc) is 2.91. The van der Waals surface area contributed by atoms with Crippen LogP contribution in [0.3, 0.4) is 0 Å². The third-order valence-electron chi connectivity index (χ3n) is 6.65. The number of sulfonamides is 1. The van der Waals surface area contributed by atoms with Crippen LogP contribution in [0, 0.1) is 0 Å². The lowest BCUT2D eigenvalue weighted by Crippen LogP contribution is -2.38. The van der Waals surface area contributed by atoms with Crippen molar-refractivity contribution >= 4 is 10.0 Å². The van der Waals surface area contributed by atoms with Gasteiger partial charge in [-0.3, -0.25) is 0 Å². The van der Waals surface area contributed by atoms with Crippen molar-refractivity contribution in [1.29, 1.82) is 0 Å². The van der Waals surface area contributed by atoms with E-state index in [0.29, 0.717) is 0 Å². The monoisotopic (exact) mass is 500 g/mol. The van der Waals surface area contributed by atoms with Gasteiger partial charge in [-0.2, -0.15) is 0 Å². The van der Waals surface area contributed by atoms with Crippen molar-refractivity contribution in [3.05, 3.63) is 125 Å². The highest BCUT2D eigenvalue weighted by Gasteiger charge is 2.29. The van der Waals surface area contributed by atoms with E-state index in [1.165, 1.54) is 11.1 Å². The number of allylic oxidation sites excluding steroid dienone is 4. The summed E-state index contributed by atoms with van der Waals surface area (Å²) < 4.78 is 29.8. The molecular weight excluding hydrogens is 464 g/mol. The maximum atomic E-state index is 13.4. The Balaban J connectivity index is 1.52. The molecule has 0 unspecified atom stereocenters. The van der Waals surface area contributed by atoms with E-state index in [1.807, 2.05) is 54.6 Å². The van der Waals surface area contributed by atoms with Crippen LogP contribution in [-0.4, -0.2) is 15.0 Å². The molecular formula is C31H36N2O2S. The van der Waals surface area contributed by atoms with Crippen LogP contribution in [0.5, 0.6) is 0 Å². The van der Waals surface area contributed by atoms with Gasteiger partial charge in [0.1, 0.15) is 0 Å². The second kappa shape index (κ2) is 12.8. The molecule has 0 saturated carbocycles. The van der Waals surface area contributed by atoms with Crippen molar-refractivity contribution in [1.82, 2.24) is 10.0 Å². The fourth-order valence-corrected chi connectivity index (χ4v) is 6.02. The summed E-state index contributed by atoms with van der Waals surface area (Å²) in [7, 11) is -3.72. The van der Waals surface area contributed by atoms with Gasteiger partial charge in [-0.05, 0) is 68.8 Å². The third-order valence-corrected chi connectivity index (χ3v) is 8.11. The van der Waals surface area contributed by atoms with Gasteiger partial charge in [0.15, 0.2) is 0 Å². The Kier molecular flexibility index (Phi) is 9.29. The minimum absolute atomic E-state index is 0.217. The minimum atomic E-state index is -3.72. The summed E-state index contributed by atoms with van der Waals surface area (Å²) in [6.07, 6.45) is 10.1. The van der Waals surface area contributed by atoms with Gasteiger partial charge in [-0.15, -0.1) is 0 Å². The number of nitrogens with one attached hydrogen (secondary N) is 2. The van der Waals surface area contributed by atoms with Crippen LogP contribution in [-0.2, 0) is 10.0 Å². The number of rotatable bonds is 12. The first-order chi connectivity index (χ1) is 17.5. The van der Waals surface area contributed by atoms with E-state index in [2.05, 4.69) is 41.2 Å². The molecule has 0 saturated heterocycles. The molecule has 2 atom stereocenters. The Labute approximate surface area is 216 Å². The quantitative estimate of drug-likeness (QED) is 0.211. The molecule has 188 valence electrons. The maximum Gasteiger partial charge on any atom is 0.241 e. The molecule has 4 rings (SSSR count). The SMILES string of the molecule is CC1=CCC=C(CCCCN[C@@H](c2ccccc2)[C@@H](NS(=O)(=O)c2ccccc2)c2ccccc2)C1. The molecule has 0 fully saturated rings. The molecule has 3 aromatic carbocycles. The van der Waals surface area contributed by atoms with E-state index in [4.69, 9.17) is 0 Å². The number of unbranched alkanes of at least 4 members (excludes halogenated alkanes) is 1.